The van der Waals surface area contributed by atoms with Crippen LogP contribution in [0.2, 0.25) is 0 Å². The third-order valence-corrected chi connectivity index (χ3v) is 4.97. The predicted octanol–water partition coefficient (Wildman–Crippen LogP) is 3.33. The molecular weight excluding hydrogens is 224 g/mol. The second-order valence-electron chi connectivity index (χ2n) is 6.90. The molecule has 1 aliphatic rings. The van der Waals surface area contributed by atoms with E-state index in [1.807, 2.05) is 0 Å². The number of hydrogen-bond donors (Lipinski definition) is 0. The molecule has 2 atom stereocenters. The van der Waals surface area contributed by atoms with Gasteiger partial charge in [0.1, 0.15) is 0 Å². The normalized spacial score (nSPS) is 33.3. The zero-order valence-electron chi connectivity index (χ0n) is 13.3. The van der Waals surface area contributed by atoms with Crippen molar-refractivity contribution in [2.75, 3.05) is 13.1 Å². The van der Waals surface area contributed by atoms with Crippen LogP contribution in [0.5, 0.6) is 0 Å². The molecule has 0 saturated carbocycles. The summed E-state index contributed by atoms with van der Waals surface area (Å²) in [6.07, 6.45) is 1.96. The number of nitrogens with zero attached hydrogens (tertiary/aromatic N) is 2. The summed E-state index contributed by atoms with van der Waals surface area (Å²) >= 11 is 0. The van der Waals surface area contributed by atoms with E-state index in [0.29, 0.717) is 12.0 Å². The van der Waals surface area contributed by atoms with E-state index in [1.54, 1.807) is 0 Å². The molecule has 0 aromatic heterocycles. The first-order valence-electron chi connectivity index (χ1n) is 7.40. The first-order valence-corrected chi connectivity index (χ1v) is 7.40. The minimum absolute atomic E-state index is 0.241. The minimum Gasteiger partial charge on any atom is -0.301 e. The van der Waals surface area contributed by atoms with Crippen LogP contribution < -0.4 is 0 Å². The largest absolute Gasteiger partial charge is 0.301 e. The Bertz CT molecular complexity index is 274. The number of hydroxylamine groups is 2. The fraction of sp³-hybridized carbons (Fsp3) is 1.00. The maximum absolute atomic E-state index is 12.7. The molecule has 1 rings (SSSR count). The lowest BCUT2D eigenvalue weighted by atomic mass is 9.72. The number of piperidine rings is 1. The molecule has 18 heavy (non-hydrogen) atoms. The highest BCUT2D eigenvalue weighted by Gasteiger charge is 2.50. The Labute approximate surface area is 113 Å². The molecule has 0 bridgehead atoms. The molecule has 3 nitrogen and oxygen atoms in total. The summed E-state index contributed by atoms with van der Waals surface area (Å²) in [5, 5.41) is 14.0. The highest BCUT2D eigenvalue weighted by atomic mass is 16.5. The quantitative estimate of drug-likeness (QED) is 0.770. The Morgan fingerprint density at radius 3 is 2.06 bits per heavy atom. The van der Waals surface area contributed by atoms with Gasteiger partial charge >= 0.3 is 0 Å². The van der Waals surface area contributed by atoms with Gasteiger partial charge in [-0.15, -0.1) is 10.3 Å². The van der Waals surface area contributed by atoms with E-state index < -0.39 is 0 Å². The Morgan fingerprint density at radius 2 is 1.67 bits per heavy atom. The molecule has 1 aliphatic heterocycles. The summed E-state index contributed by atoms with van der Waals surface area (Å²) in [4.78, 5) is 2.51. The van der Waals surface area contributed by atoms with Crippen LogP contribution in [0.1, 0.15) is 61.3 Å². The lowest BCUT2D eigenvalue weighted by Gasteiger charge is -2.55. The second kappa shape index (κ2) is 5.48. The van der Waals surface area contributed by atoms with Gasteiger partial charge in [-0.05, 0) is 52.6 Å². The van der Waals surface area contributed by atoms with E-state index in [9.17, 15) is 5.21 Å². The minimum atomic E-state index is -0.259. The van der Waals surface area contributed by atoms with Crippen LogP contribution in [0.15, 0.2) is 0 Å². The average molecular weight is 255 g/mol. The Kier molecular flexibility index (Phi) is 4.85. The van der Waals surface area contributed by atoms with E-state index in [-0.39, 0.29) is 11.1 Å². The summed E-state index contributed by atoms with van der Waals surface area (Å²) in [6.45, 7) is 17.2. The van der Waals surface area contributed by atoms with Gasteiger partial charge in [0.05, 0.1) is 5.54 Å². The van der Waals surface area contributed by atoms with Crippen LogP contribution >= 0.6 is 0 Å². The fourth-order valence-corrected chi connectivity index (χ4v) is 3.45. The van der Waals surface area contributed by atoms with Crippen molar-refractivity contribution in [3.63, 3.8) is 0 Å². The standard InChI is InChI=1S/C15H31N2O/c1-8-16(9-2)13-10-14(5,6)17(18)15(7,11-13)12(3)4/h12-13H,8-11H2,1-7H3. The van der Waals surface area contributed by atoms with Crippen molar-refractivity contribution in [2.24, 2.45) is 5.92 Å². The maximum Gasteiger partial charge on any atom is 0.0509 e. The van der Waals surface area contributed by atoms with Crippen molar-refractivity contribution >= 4 is 0 Å². The van der Waals surface area contributed by atoms with Gasteiger partial charge in [-0.25, -0.2) is 0 Å². The van der Waals surface area contributed by atoms with Gasteiger partial charge in [0, 0.05) is 11.6 Å². The average Bonchev–Trinajstić information content (AvgIpc) is 2.27. The third-order valence-electron chi connectivity index (χ3n) is 4.97. The molecule has 0 aliphatic carbocycles. The first kappa shape index (κ1) is 15.9. The summed E-state index contributed by atoms with van der Waals surface area (Å²) in [7, 11) is 0. The lowest BCUT2D eigenvalue weighted by Crippen LogP contribution is -2.65. The molecule has 107 valence electrons. The molecule has 0 N–H and O–H groups in total. The van der Waals surface area contributed by atoms with E-state index in [2.05, 4.69) is 53.4 Å². The lowest BCUT2D eigenvalue weighted by molar-refractivity contribution is -0.309. The smallest absolute Gasteiger partial charge is 0.0509 e. The highest BCUT2D eigenvalue weighted by molar-refractivity contribution is 5.02. The van der Waals surface area contributed by atoms with Gasteiger partial charge < -0.3 is 4.90 Å². The van der Waals surface area contributed by atoms with Crippen molar-refractivity contribution in [3.8, 4) is 0 Å². The maximum atomic E-state index is 12.7. The molecular formula is C15H31N2O. The van der Waals surface area contributed by atoms with Crippen LogP contribution in [0.3, 0.4) is 0 Å². The molecule has 1 radical (unpaired) electrons. The van der Waals surface area contributed by atoms with Crippen molar-refractivity contribution in [1.82, 2.24) is 9.96 Å². The van der Waals surface area contributed by atoms with Gasteiger partial charge in [-0.1, -0.05) is 27.7 Å². The first-order chi connectivity index (χ1) is 8.19. The molecule has 2 unspecified atom stereocenters. The Balaban J connectivity index is 3.01. The van der Waals surface area contributed by atoms with Gasteiger partial charge in [0.2, 0.25) is 0 Å². The summed E-state index contributed by atoms with van der Waals surface area (Å²) in [5.41, 5.74) is -0.500. The van der Waals surface area contributed by atoms with E-state index in [1.165, 1.54) is 5.06 Å². The number of rotatable bonds is 4. The Hall–Kier alpha value is -0.120. The number of hydrogen-bond acceptors (Lipinski definition) is 2. The van der Waals surface area contributed by atoms with Crippen molar-refractivity contribution in [3.05, 3.63) is 0 Å². The van der Waals surface area contributed by atoms with Crippen molar-refractivity contribution < 1.29 is 5.21 Å². The molecule has 0 spiro atoms. The van der Waals surface area contributed by atoms with Crippen molar-refractivity contribution in [1.29, 1.82) is 0 Å². The van der Waals surface area contributed by atoms with Gasteiger partial charge in [0.15, 0.2) is 0 Å². The molecule has 1 heterocycles. The van der Waals surface area contributed by atoms with Crippen LogP contribution in [-0.2, 0) is 5.21 Å². The van der Waals surface area contributed by atoms with E-state index >= 15 is 0 Å². The summed E-state index contributed by atoms with van der Waals surface area (Å²) in [6, 6.07) is 0.535. The van der Waals surface area contributed by atoms with Crippen LogP contribution in [0, 0.1) is 5.92 Å². The van der Waals surface area contributed by atoms with Crippen LogP contribution in [0.4, 0.5) is 0 Å². The van der Waals surface area contributed by atoms with Crippen molar-refractivity contribution in [2.45, 2.75) is 78.4 Å². The molecule has 1 fully saturated rings. The summed E-state index contributed by atoms with van der Waals surface area (Å²) in [5.74, 6) is 0.382. The Morgan fingerprint density at radius 1 is 1.17 bits per heavy atom. The fourth-order valence-electron chi connectivity index (χ4n) is 3.45. The highest BCUT2D eigenvalue weighted by Crippen LogP contribution is 2.42. The monoisotopic (exact) mass is 255 g/mol. The topological polar surface area (TPSA) is 26.4 Å². The zero-order chi connectivity index (χ0) is 14.1. The predicted molar refractivity (Wildman–Crippen MR) is 75.8 cm³/mol. The zero-order valence-corrected chi connectivity index (χ0v) is 13.3. The molecule has 0 aromatic rings. The molecule has 0 amide bonds. The van der Waals surface area contributed by atoms with Crippen LogP contribution in [0.25, 0.3) is 0 Å². The van der Waals surface area contributed by atoms with E-state index in [4.69, 9.17) is 0 Å². The SMILES string of the molecule is CCN(CC)C1CC(C)(C)N([O])C(C)(C(C)C)C1. The molecule has 1 saturated heterocycles. The molecule has 0 aromatic carbocycles. The third kappa shape index (κ3) is 2.73. The second-order valence-corrected chi connectivity index (χ2v) is 6.90. The van der Waals surface area contributed by atoms with Gasteiger partial charge in [0.25, 0.3) is 0 Å². The van der Waals surface area contributed by atoms with Crippen LogP contribution in [-0.4, -0.2) is 40.2 Å². The van der Waals surface area contributed by atoms with Gasteiger partial charge in [-0.2, -0.15) is 0 Å². The summed E-state index contributed by atoms with van der Waals surface area (Å²) < 4.78 is 0. The molecule has 3 heteroatoms. The van der Waals surface area contributed by atoms with Gasteiger partial charge in [-0.3, -0.25) is 0 Å². The van der Waals surface area contributed by atoms with E-state index in [0.717, 1.165) is 25.9 Å².